The highest BCUT2D eigenvalue weighted by atomic mass is 16.6. The Morgan fingerprint density at radius 3 is 2.32 bits per heavy atom. The molecule has 1 atom stereocenters. The van der Waals surface area contributed by atoms with Crippen LogP contribution in [0.25, 0.3) is 11.5 Å². The van der Waals surface area contributed by atoms with Crippen molar-refractivity contribution in [3.8, 4) is 11.5 Å². The first kappa shape index (κ1) is 18.1. The lowest BCUT2D eigenvalue weighted by molar-refractivity contribution is -0.384. The Bertz CT molecular complexity index is 934. The van der Waals surface area contributed by atoms with Crippen molar-refractivity contribution in [1.29, 1.82) is 0 Å². The lowest BCUT2D eigenvalue weighted by Crippen LogP contribution is -2.47. The van der Waals surface area contributed by atoms with E-state index < -0.39 is 4.92 Å². The average molecular weight is 379 g/mol. The number of hydrogen-bond donors (Lipinski definition) is 0. The van der Waals surface area contributed by atoms with Gasteiger partial charge in [0.2, 0.25) is 11.8 Å². The van der Waals surface area contributed by atoms with Gasteiger partial charge < -0.3 is 9.32 Å². The van der Waals surface area contributed by atoms with Gasteiger partial charge in [0, 0.05) is 49.6 Å². The molecule has 2 aromatic carbocycles. The smallest absolute Gasteiger partial charge is 0.269 e. The first-order chi connectivity index (χ1) is 13.6. The highest BCUT2D eigenvalue weighted by Crippen LogP contribution is 2.26. The largest absolute Gasteiger partial charge is 0.419 e. The molecule has 0 amide bonds. The Kier molecular flexibility index (Phi) is 5.03. The highest BCUT2D eigenvalue weighted by Gasteiger charge is 2.26. The fraction of sp³-hybridized carbons (Fsp3) is 0.300. The minimum atomic E-state index is -0.430. The molecule has 3 aromatic rings. The Balaban J connectivity index is 1.41. The van der Waals surface area contributed by atoms with E-state index in [2.05, 4.69) is 51.2 Å². The van der Waals surface area contributed by atoms with Gasteiger partial charge in [-0.25, -0.2) is 0 Å². The molecule has 0 saturated carbocycles. The fourth-order valence-corrected chi connectivity index (χ4v) is 3.41. The fourth-order valence-electron chi connectivity index (χ4n) is 3.41. The van der Waals surface area contributed by atoms with Crippen LogP contribution in [0.2, 0.25) is 0 Å². The maximum absolute atomic E-state index is 10.8. The number of anilines is 1. The average Bonchev–Trinajstić information content (AvgIpc) is 3.24. The summed E-state index contributed by atoms with van der Waals surface area (Å²) < 4.78 is 5.85. The van der Waals surface area contributed by atoms with Crippen molar-refractivity contribution in [2.24, 2.45) is 0 Å². The summed E-state index contributed by atoms with van der Waals surface area (Å²) in [6.07, 6.45) is 0. The summed E-state index contributed by atoms with van der Waals surface area (Å²) in [5, 5.41) is 19.1. The van der Waals surface area contributed by atoms with Crippen molar-refractivity contribution in [3.05, 3.63) is 70.6 Å². The number of piperazine rings is 1. The molecule has 8 heteroatoms. The summed E-state index contributed by atoms with van der Waals surface area (Å²) >= 11 is 0. The number of para-hydroxylation sites is 1. The predicted molar refractivity (Wildman–Crippen MR) is 105 cm³/mol. The zero-order valence-corrected chi connectivity index (χ0v) is 15.6. The van der Waals surface area contributed by atoms with Gasteiger partial charge in [0.05, 0.1) is 11.0 Å². The molecule has 1 aliphatic rings. The second kappa shape index (κ2) is 7.77. The normalized spacial score (nSPS) is 16.1. The molecule has 2 heterocycles. The van der Waals surface area contributed by atoms with Gasteiger partial charge in [0.25, 0.3) is 5.69 Å². The predicted octanol–water partition coefficient (Wildman–Crippen LogP) is 3.53. The molecule has 8 nitrogen and oxygen atoms in total. The molecular formula is C20H21N5O3. The minimum Gasteiger partial charge on any atom is -0.419 e. The third-order valence-electron chi connectivity index (χ3n) is 5.11. The summed E-state index contributed by atoms with van der Waals surface area (Å²) in [5.41, 5.74) is 1.95. The quantitative estimate of drug-likeness (QED) is 0.495. The molecule has 28 heavy (non-hydrogen) atoms. The van der Waals surface area contributed by atoms with E-state index in [0.717, 1.165) is 26.2 Å². The van der Waals surface area contributed by atoms with Crippen molar-refractivity contribution < 1.29 is 9.34 Å². The molecule has 1 aromatic heterocycles. The lowest BCUT2D eigenvalue weighted by atomic mass is 10.2. The Labute approximate surface area is 162 Å². The molecule has 0 N–H and O–H groups in total. The number of benzene rings is 2. The number of nitro benzene ring substituents is 1. The summed E-state index contributed by atoms with van der Waals surface area (Å²) in [5.74, 6) is 0.932. The Hall–Kier alpha value is -3.26. The number of aromatic nitrogens is 2. The van der Waals surface area contributed by atoms with Crippen LogP contribution in [0.5, 0.6) is 0 Å². The molecule has 0 unspecified atom stereocenters. The standard InChI is InChI=1S/C20H21N5O3/c1-15(23-11-13-24(14-12-23)17-5-3-2-4-6-17)19-21-22-20(28-19)16-7-9-18(10-8-16)25(26)27/h2-10,15H,11-14H2,1H3/t15-/m0/s1. The summed E-state index contributed by atoms with van der Waals surface area (Å²) in [7, 11) is 0. The van der Waals surface area contributed by atoms with E-state index in [9.17, 15) is 10.1 Å². The number of non-ortho nitro benzene ring substituents is 1. The van der Waals surface area contributed by atoms with E-state index in [1.807, 2.05) is 6.07 Å². The number of nitro groups is 1. The summed E-state index contributed by atoms with van der Waals surface area (Å²) in [4.78, 5) is 15.0. The van der Waals surface area contributed by atoms with Crippen LogP contribution < -0.4 is 4.90 Å². The minimum absolute atomic E-state index is 0.0113. The maximum Gasteiger partial charge on any atom is 0.269 e. The Morgan fingerprint density at radius 1 is 1.00 bits per heavy atom. The van der Waals surface area contributed by atoms with Crippen LogP contribution in [-0.2, 0) is 0 Å². The van der Waals surface area contributed by atoms with Crippen molar-refractivity contribution >= 4 is 11.4 Å². The van der Waals surface area contributed by atoms with Crippen molar-refractivity contribution in [2.75, 3.05) is 31.1 Å². The molecule has 0 spiro atoms. The number of hydrogen-bond acceptors (Lipinski definition) is 7. The van der Waals surface area contributed by atoms with Crippen molar-refractivity contribution in [1.82, 2.24) is 15.1 Å². The topological polar surface area (TPSA) is 88.5 Å². The van der Waals surface area contributed by atoms with Crippen LogP contribution in [0.3, 0.4) is 0 Å². The SMILES string of the molecule is C[C@@H](c1nnc(-c2ccc([N+](=O)[O-])cc2)o1)N1CCN(c2ccccc2)CC1. The molecule has 1 saturated heterocycles. The molecule has 0 radical (unpaired) electrons. The second-order valence-electron chi connectivity index (χ2n) is 6.78. The van der Waals surface area contributed by atoms with Gasteiger partial charge in [-0.2, -0.15) is 0 Å². The molecule has 0 aliphatic carbocycles. The van der Waals surface area contributed by atoms with E-state index >= 15 is 0 Å². The van der Waals surface area contributed by atoms with Crippen LogP contribution in [0, 0.1) is 10.1 Å². The molecule has 1 aliphatic heterocycles. The van der Waals surface area contributed by atoms with Crippen LogP contribution in [0.4, 0.5) is 11.4 Å². The van der Waals surface area contributed by atoms with Crippen molar-refractivity contribution in [3.63, 3.8) is 0 Å². The van der Waals surface area contributed by atoms with E-state index in [-0.39, 0.29) is 11.7 Å². The lowest BCUT2D eigenvalue weighted by Gasteiger charge is -2.38. The van der Waals surface area contributed by atoms with Gasteiger partial charge in [-0.15, -0.1) is 10.2 Å². The first-order valence-electron chi connectivity index (χ1n) is 9.24. The van der Waals surface area contributed by atoms with Crippen LogP contribution in [0.15, 0.2) is 59.0 Å². The first-order valence-corrected chi connectivity index (χ1v) is 9.24. The Morgan fingerprint density at radius 2 is 1.68 bits per heavy atom. The van der Waals surface area contributed by atoms with Gasteiger partial charge in [-0.05, 0) is 31.2 Å². The zero-order chi connectivity index (χ0) is 19.5. The van der Waals surface area contributed by atoms with Crippen molar-refractivity contribution in [2.45, 2.75) is 13.0 Å². The van der Waals surface area contributed by atoms with Gasteiger partial charge in [-0.1, -0.05) is 18.2 Å². The zero-order valence-electron chi connectivity index (χ0n) is 15.6. The van der Waals surface area contributed by atoms with E-state index in [0.29, 0.717) is 17.3 Å². The van der Waals surface area contributed by atoms with Gasteiger partial charge >= 0.3 is 0 Å². The summed E-state index contributed by atoms with van der Waals surface area (Å²) in [6, 6.07) is 16.5. The maximum atomic E-state index is 10.8. The third kappa shape index (κ3) is 3.72. The van der Waals surface area contributed by atoms with Gasteiger partial charge in [0.1, 0.15) is 0 Å². The number of nitrogens with zero attached hydrogens (tertiary/aromatic N) is 5. The van der Waals surface area contributed by atoms with Crippen LogP contribution >= 0.6 is 0 Å². The molecule has 4 rings (SSSR count). The molecule has 1 fully saturated rings. The highest BCUT2D eigenvalue weighted by molar-refractivity contribution is 5.55. The molecular weight excluding hydrogens is 358 g/mol. The van der Waals surface area contributed by atoms with Gasteiger partial charge in [0.15, 0.2) is 0 Å². The van der Waals surface area contributed by atoms with E-state index in [1.54, 1.807) is 12.1 Å². The summed E-state index contributed by atoms with van der Waals surface area (Å²) in [6.45, 7) is 5.76. The van der Waals surface area contributed by atoms with Crippen LogP contribution in [-0.4, -0.2) is 46.2 Å². The van der Waals surface area contributed by atoms with E-state index in [4.69, 9.17) is 4.42 Å². The van der Waals surface area contributed by atoms with Crippen LogP contribution in [0.1, 0.15) is 18.9 Å². The van der Waals surface area contributed by atoms with E-state index in [1.165, 1.54) is 17.8 Å². The van der Waals surface area contributed by atoms with Gasteiger partial charge in [-0.3, -0.25) is 15.0 Å². The second-order valence-corrected chi connectivity index (χ2v) is 6.78. The monoisotopic (exact) mass is 379 g/mol. The third-order valence-corrected chi connectivity index (χ3v) is 5.11. The molecule has 144 valence electrons. The number of rotatable bonds is 5. The molecule has 0 bridgehead atoms.